The normalized spacial score (nSPS) is 31.2. The number of fused-ring (bicyclic) bond motifs is 2. The predicted octanol–water partition coefficient (Wildman–Crippen LogP) is 3.96. The van der Waals surface area contributed by atoms with E-state index < -0.39 is 0 Å². The molecule has 1 amide bonds. The molecule has 3 aliphatic heterocycles. The van der Waals surface area contributed by atoms with E-state index in [9.17, 15) is 9.90 Å². The maximum Gasteiger partial charge on any atom is 0.232 e. The number of rotatable bonds is 3. The largest absolute Gasteiger partial charge is 0.504 e. The Hall–Kier alpha value is -2.53. The number of likely N-dealkylation sites (tertiary alicyclic amines) is 1. The quantitative estimate of drug-likeness (QED) is 0.706. The third-order valence-corrected chi connectivity index (χ3v) is 9.59. The molecule has 4 aliphatic rings. The van der Waals surface area contributed by atoms with Crippen molar-refractivity contribution >= 4 is 5.91 Å². The summed E-state index contributed by atoms with van der Waals surface area (Å²) in [5.41, 5.74) is 2.21. The highest BCUT2D eigenvalue weighted by Crippen LogP contribution is 2.49. The number of aromatic hydroxyl groups is 1. The van der Waals surface area contributed by atoms with Crippen LogP contribution in [0, 0.1) is 11.8 Å². The Balaban J connectivity index is 1.31. The van der Waals surface area contributed by atoms with Gasteiger partial charge in [-0.15, -0.1) is 0 Å². The number of piperidine rings is 1. The molecule has 35 heavy (non-hydrogen) atoms. The highest BCUT2D eigenvalue weighted by Gasteiger charge is 2.56. The first-order chi connectivity index (χ1) is 17.2. The number of carbonyl (C=O) groups excluding carboxylic acids is 1. The van der Waals surface area contributed by atoms with Crippen LogP contribution in [-0.2, 0) is 10.2 Å². The molecule has 6 rings (SSSR count). The predicted molar refractivity (Wildman–Crippen MR) is 136 cm³/mol. The number of benzene rings is 2. The molecule has 5 nitrogen and oxygen atoms in total. The molecule has 1 aliphatic carbocycles. The summed E-state index contributed by atoms with van der Waals surface area (Å²) in [7, 11) is 0. The van der Waals surface area contributed by atoms with Gasteiger partial charge in [0.1, 0.15) is 5.92 Å². The summed E-state index contributed by atoms with van der Waals surface area (Å²) >= 11 is 0. The number of hydrogen-bond donors (Lipinski definition) is 2. The first kappa shape index (κ1) is 22.9. The van der Waals surface area contributed by atoms with Crippen molar-refractivity contribution in [2.24, 2.45) is 11.8 Å². The third kappa shape index (κ3) is 4.02. The van der Waals surface area contributed by atoms with E-state index in [2.05, 4.69) is 46.6 Å². The molecule has 4 atom stereocenters. The van der Waals surface area contributed by atoms with Crippen molar-refractivity contribution in [1.82, 2.24) is 4.90 Å². The summed E-state index contributed by atoms with van der Waals surface area (Å²) in [5.74, 6) is 2.23. The molecule has 1 saturated carbocycles. The molecular formula is C30H39N2O3+. The maximum absolute atomic E-state index is 14.5. The molecule has 2 saturated heterocycles. The lowest BCUT2D eigenvalue weighted by atomic mass is 9.67. The molecule has 3 fully saturated rings. The molecule has 0 unspecified atom stereocenters. The van der Waals surface area contributed by atoms with Gasteiger partial charge in [-0.25, -0.2) is 0 Å². The van der Waals surface area contributed by atoms with Crippen molar-refractivity contribution in [2.75, 3.05) is 26.2 Å². The average Bonchev–Trinajstić information content (AvgIpc) is 3.33. The lowest BCUT2D eigenvalue weighted by Crippen LogP contribution is -2.82. The van der Waals surface area contributed by atoms with Crippen molar-refractivity contribution in [1.29, 1.82) is 0 Å². The molecule has 2 aromatic carbocycles. The summed E-state index contributed by atoms with van der Waals surface area (Å²) < 4.78 is 5.91. The van der Waals surface area contributed by atoms with Crippen LogP contribution in [0.15, 0.2) is 48.5 Å². The van der Waals surface area contributed by atoms with E-state index in [0.29, 0.717) is 36.1 Å². The van der Waals surface area contributed by atoms with Crippen LogP contribution in [0.5, 0.6) is 11.5 Å². The van der Waals surface area contributed by atoms with E-state index in [0.717, 1.165) is 44.5 Å². The van der Waals surface area contributed by atoms with E-state index in [1.54, 1.807) is 6.07 Å². The minimum absolute atomic E-state index is 0.0636. The van der Waals surface area contributed by atoms with Crippen LogP contribution in [0.25, 0.3) is 0 Å². The molecule has 0 aromatic heterocycles. The van der Waals surface area contributed by atoms with Crippen LogP contribution in [0.4, 0.5) is 0 Å². The maximum atomic E-state index is 14.5. The van der Waals surface area contributed by atoms with Gasteiger partial charge in [0.25, 0.3) is 0 Å². The second kappa shape index (κ2) is 9.50. The van der Waals surface area contributed by atoms with Crippen LogP contribution in [0.1, 0.15) is 68.4 Å². The molecule has 1 spiro atoms. The summed E-state index contributed by atoms with van der Waals surface area (Å²) in [5, 5.41) is 12.8. The smallest absolute Gasteiger partial charge is 0.232 e. The topological polar surface area (TPSA) is 66.4 Å². The number of amides is 1. The molecule has 5 heteroatoms. The fourth-order valence-electron chi connectivity index (χ4n) is 7.79. The minimum atomic E-state index is -0.253. The van der Waals surface area contributed by atoms with E-state index in [4.69, 9.17) is 4.74 Å². The van der Waals surface area contributed by atoms with Crippen LogP contribution in [0.3, 0.4) is 0 Å². The first-order valence-electron chi connectivity index (χ1n) is 13.8. The average molecular weight is 476 g/mol. The Kier molecular flexibility index (Phi) is 6.21. The van der Waals surface area contributed by atoms with Crippen molar-refractivity contribution in [2.45, 2.75) is 68.7 Å². The molecule has 2 aromatic rings. The number of phenolic OH excluding ortho intramolecular Hbond substituents is 1. The number of nitrogens with zero attached hydrogens (tertiary/aromatic N) is 1. The number of hydrogen-bond acceptors (Lipinski definition) is 3. The zero-order valence-electron chi connectivity index (χ0n) is 20.7. The highest BCUT2D eigenvalue weighted by atomic mass is 16.5. The standard InChI is InChI=1S/C30H38N2O3/c33-27-13-7-12-24-28(27)35-17-15-30(24)20-31-19-25(30)29(34)32-16-14-23(21-8-3-1-4-9-21)18-26(32)22-10-5-2-6-11-22/h1,3-4,7-9,12-13,22-23,25-26,31,33H,2,5-6,10-11,14-20H2/p+1/t23-,25+,26+,30+/m1/s1. The van der Waals surface area contributed by atoms with Crippen molar-refractivity contribution in [3.05, 3.63) is 59.7 Å². The van der Waals surface area contributed by atoms with E-state index in [-0.39, 0.29) is 17.1 Å². The molecule has 186 valence electrons. The number of para-hydroxylation sites is 1. The lowest BCUT2D eigenvalue weighted by Gasteiger charge is -2.47. The van der Waals surface area contributed by atoms with Gasteiger partial charge < -0.3 is 20.1 Å². The van der Waals surface area contributed by atoms with Crippen LogP contribution in [-0.4, -0.2) is 48.2 Å². The molecule has 0 radical (unpaired) electrons. The Labute approximate surface area is 208 Å². The second-order valence-electron chi connectivity index (χ2n) is 11.3. The Morgan fingerprint density at radius 3 is 2.69 bits per heavy atom. The summed E-state index contributed by atoms with van der Waals surface area (Å²) in [6, 6.07) is 17.0. The van der Waals surface area contributed by atoms with Gasteiger partial charge in [-0.05, 0) is 55.6 Å². The summed E-state index contributed by atoms with van der Waals surface area (Å²) in [4.78, 5) is 16.8. The van der Waals surface area contributed by atoms with Gasteiger partial charge in [-0.2, -0.15) is 0 Å². The number of nitrogens with two attached hydrogens (primary N) is 1. The first-order valence-corrected chi connectivity index (χ1v) is 13.8. The van der Waals surface area contributed by atoms with Gasteiger partial charge in [0.05, 0.1) is 25.1 Å². The zero-order chi connectivity index (χ0) is 23.8. The Bertz CT molecular complexity index is 1050. The second-order valence-corrected chi connectivity index (χ2v) is 11.3. The van der Waals surface area contributed by atoms with Crippen LogP contribution in [0.2, 0.25) is 0 Å². The van der Waals surface area contributed by atoms with Crippen LogP contribution >= 0.6 is 0 Å². The van der Waals surface area contributed by atoms with Crippen molar-refractivity contribution in [3.63, 3.8) is 0 Å². The highest BCUT2D eigenvalue weighted by molar-refractivity contribution is 5.82. The third-order valence-electron chi connectivity index (χ3n) is 9.59. The monoisotopic (exact) mass is 475 g/mol. The zero-order valence-corrected chi connectivity index (χ0v) is 20.7. The fraction of sp³-hybridized carbons (Fsp3) is 0.567. The molecule has 3 N–H and O–H groups in total. The molecule has 0 bridgehead atoms. The van der Waals surface area contributed by atoms with Gasteiger partial charge in [-0.1, -0.05) is 61.7 Å². The summed E-state index contributed by atoms with van der Waals surface area (Å²) in [6.07, 6.45) is 9.40. The Morgan fingerprint density at radius 2 is 1.86 bits per heavy atom. The van der Waals surface area contributed by atoms with E-state index in [1.165, 1.54) is 37.7 Å². The summed E-state index contributed by atoms with van der Waals surface area (Å²) in [6.45, 7) is 3.13. The van der Waals surface area contributed by atoms with Crippen molar-refractivity contribution in [3.8, 4) is 11.5 Å². The van der Waals surface area contributed by atoms with Gasteiger partial charge in [0, 0.05) is 18.2 Å². The Morgan fingerprint density at radius 1 is 1.03 bits per heavy atom. The van der Waals surface area contributed by atoms with Gasteiger partial charge >= 0.3 is 0 Å². The van der Waals surface area contributed by atoms with E-state index >= 15 is 0 Å². The SMILES string of the molecule is O=C([C@@H]1C[NH2+]C[C@]12CCOc1c(O)cccc12)N1CC[C@@H](c2ccccc2)C[C@H]1C1CCCCC1. The number of carbonyl (C=O) groups is 1. The van der Waals surface area contributed by atoms with Gasteiger partial charge in [-0.3, -0.25) is 4.79 Å². The van der Waals surface area contributed by atoms with Gasteiger partial charge in [0.2, 0.25) is 5.91 Å². The number of phenols is 1. The fourth-order valence-corrected chi connectivity index (χ4v) is 7.79. The van der Waals surface area contributed by atoms with Crippen LogP contribution < -0.4 is 10.1 Å². The molecule has 3 heterocycles. The van der Waals surface area contributed by atoms with E-state index in [1.807, 2.05) is 6.07 Å². The van der Waals surface area contributed by atoms with Gasteiger partial charge in [0.15, 0.2) is 11.5 Å². The van der Waals surface area contributed by atoms with Crippen molar-refractivity contribution < 1.29 is 20.0 Å². The lowest BCUT2D eigenvalue weighted by molar-refractivity contribution is -0.640. The molecular weight excluding hydrogens is 436 g/mol. The number of quaternary nitrogens is 1. The number of ether oxygens (including phenoxy) is 1. The minimum Gasteiger partial charge on any atom is -0.504 e.